The first-order valence-corrected chi connectivity index (χ1v) is 3.50. The minimum absolute atomic E-state index is 0.0181. The Morgan fingerprint density at radius 1 is 1.50 bits per heavy atom. The lowest BCUT2D eigenvalue weighted by Crippen LogP contribution is -2.06. The summed E-state index contributed by atoms with van der Waals surface area (Å²) >= 11 is 0. The Morgan fingerprint density at radius 3 is 2.75 bits per heavy atom. The maximum Gasteiger partial charge on any atom is 0.126 e. The maximum absolute atomic E-state index is 12.9. The number of benzene rings is 1. The smallest absolute Gasteiger partial charge is 0.126 e. The van der Waals surface area contributed by atoms with Crippen molar-refractivity contribution in [3.63, 3.8) is 0 Å². The highest BCUT2D eigenvalue weighted by Crippen LogP contribution is 2.20. The van der Waals surface area contributed by atoms with Crippen molar-refractivity contribution in [3.8, 4) is 5.75 Å². The number of hydrogen-bond donors (Lipinski definition) is 3. The molecule has 66 valence electrons. The molecule has 3 N–H and O–H groups in total. The average Bonchev–Trinajstić information content (AvgIpc) is 2.01. The van der Waals surface area contributed by atoms with Gasteiger partial charge in [-0.05, 0) is 24.6 Å². The van der Waals surface area contributed by atoms with E-state index in [-0.39, 0.29) is 12.3 Å². The molecule has 0 bridgehead atoms. The fourth-order valence-corrected chi connectivity index (χ4v) is 0.934. The number of hydroxylamine groups is 1. The van der Waals surface area contributed by atoms with Crippen LogP contribution < -0.4 is 5.48 Å². The topological polar surface area (TPSA) is 52.5 Å². The van der Waals surface area contributed by atoms with E-state index < -0.39 is 5.82 Å². The molecule has 0 aliphatic heterocycles. The molecule has 0 saturated heterocycles. The van der Waals surface area contributed by atoms with Crippen LogP contribution in [0.5, 0.6) is 5.75 Å². The highest BCUT2D eigenvalue weighted by Gasteiger charge is 2.05. The second-order valence-electron chi connectivity index (χ2n) is 2.56. The van der Waals surface area contributed by atoms with E-state index in [0.717, 1.165) is 0 Å². The molecule has 0 spiro atoms. The zero-order valence-corrected chi connectivity index (χ0v) is 6.63. The van der Waals surface area contributed by atoms with Gasteiger partial charge in [-0.2, -0.15) is 0 Å². The lowest BCUT2D eigenvalue weighted by atomic mass is 10.1. The van der Waals surface area contributed by atoms with Crippen molar-refractivity contribution in [1.29, 1.82) is 0 Å². The molecule has 3 nitrogen and oxygen atoms in total. The summed E-state index contributed by atoms with van der Waals surface area (Å²) in [6.07, 6.45) is 0. The number of aryl methyl sites for hydroxylation is 1. The molecule has 0 heterocycles. The van der Waals surface area contributed by atoms with E-state index in [1.54, 1.807) is 6.92 Å². The monoisotopic (exact) mass is 171 g/mol. The number of phenols is 1. The van der Waals surface area contributed by atoms with E-state index in [9.17, 15) is 9.50 Å². The van der Waals surface area contributed by atoms with Crippen molar-refractivity contribution >= 4 is 0 Å². The van der Waals surface area contributed by atoms with Gasteiger partial charge in [0.05, 0.1) is 0 Å². The fraction of sp³-hybridized carbons (Fsp3) is 0.250. The third-order valence-corrected chi connectivity index (χ3v) is 1.63. The summed E-state index contributed by atoms with van der Waals surface area (Å²) in [6, 6.07) is 2.51. The zero-order valence-electron chi connectivity index (χ0n) is 6.63. The Kier molecular flexibility index (Phi) is 2.62. The first kappa shape index (κ1) is 8.96. The van der Waals surface area contributed by atoms with E-state index >= 15 is 0 Å². The van der Waals surface area contributed by atoms with Crippen LogP contribution in [0.15, 0.2) is 12.1 Å². The van der Waals surface area contributed by atoms with Crippen LogP contribution in [0.1, 0.15) is 11.1 Å². The Bertz CT molecular complexity index is 289. The molecular formula is C8H10FNO2. The third kappa shape index (κ3) is 1.72. The van der Waals surface area contributed by atoms with E-state index in [0.29, 0.717) is 11.1 Å². The fourth-order valence-electron chi connectivity index (χ4n) is 0.934. The maximum atomic E-state index is 12.9. The van der Waals surface area contributed by atoms with Gasteiger partial charge in [-0.1, -0.05) is 0 Å². The summed E-state index contributed by atoms with van der Waals surface area (Å²) < 4.78 is 12.9. The van der Waals surface area contributed by atoms with Gasteiger partial charge in [0.25, 0.3) is 0 Å². The Balaban J connectivity index is 3.05. The molecule has 0 aliphatic carbocycles. The molecule has 1 aromatic rings. The first-order chi connectivity index (χ1) is 5.65. The largest absolute Gasteiger partial charge is 0.508 e. The van der Waals surface area contributed by atoms with Crippen LogP contribution in [-0.4, -0.2) is 10.3 Å². The van der Waals surface area contributed by atoms with Gasteiger partial charge >= 0.3 is 0 Å². The minimum atomic E-state index is -0.391. The summed E-state index contributed by atoms with van der Waals surface area (Å²) in [5.74, 6) is -0.409. The van der Waals surface area contributed by atoms with Gasteiger partial charge in [0.2, 0.25) is 0 Å². The minimum Gasteiger partial charge on any atom is -0.508 e. The van der Waals surface area contributed by atoms with Crippen LogP contribution >= 0.6 is 0 Å². The highest BCUT2D eigenvalue weighted by atomic mass is 19.1. The van der Waals surface area contributed by atoms with Gasteiger partial charge in [0.1, 0.15) is 11.6 Å². The summed E-state index contributed by atoms with van der Waals surface area (Å²) in [6.45, 7) is 1.59. The molecule has 0 aromatic heterocycles. The summed E-state index contributed by atoms with van der Waals surface area (Å²) in [7, 11) is 0. The van der Waals surface area contributed by atoms with E-state index in [2.05, 4.69) is 0 Å². The molecule has 1 rings (SSSR count). The van der Waals surface area contributed by atoms with Crippen molar-refractivity contribution in [1.82, 2.24) is 5.48 Å². The van der Waals surface area contributed by atoms with Crippen LogP contribution in [0.2, 0.25) is 0 Å². The molecule has 1 aromatic carbocycles. The second-order valence-corrected chi connectivity index (χ2v) is 2.56. The van der Waals surface area contributed by atoms with E-state index in [4.69, 9.17) is 5.21 Å². The van der Waals surface area contributed by atoms with Gasteiger partial charge in [-0.25, -0.2) is 9.87 Å². The van der Waals surface area contributed by atoms with Crippen molar-refractivity contribution < 1.29 is 14.7 Å². The lowest BCUT2D eigenvalue weighted by molar-refractivity contribution is 0.160. The Labute approximate surface area is 69.4 Å². The molecule has 0 amide bonds. The van der Waals surface area contributed by atoms with Crippen molar-refractivity contribution in [2.24, 2.45) is 0 Å². The number of nitrogens with one attached hydrogen (secondary N) is 1. The predicted molar refractivity (Wildman–Crippen MR) is 41.4 cm³/mol. The van der Waals surface area contributed by atoms with Gasteiger partial charge in [-0.15, -0.1) is 0 Å². The van der Waals surface area contributed by atoms with Crippen LogP contribution in [0, 0.1) is 12.7 Å². The van der Waals surface area contributed by atoms with Crippen LogP contribution in [0.25, 0.3) is 0 Å². The van der Waals surface area contributed by atoms with Crippen LogP contribution in [-0.2, 0) is 6.54 Å². The van der Waals surface area contributed by atoms with Crippen molar-refractivity contribution in [2.45, 2.75) is 13.5 Å². The Hall–Kier alpha value is -1.13. The van der Waals surface area contributed by atoms with Gasteiger partial charge < -0.3 is 10.3 Å². The molecule has 12 heavy (non-hydrogen) atoms. The molecule has 0 atom stereocenters. The number of aromatic hydroxyl groups is 1. The van der Waals surface area contributed by atoms with Gasteiger partial charge in [0, 0.05) is 12.1 Å². The van der Waals surface area contributed by atoms with Crippen LogP contribution in [0.4, 0.5) is 4.39 Å². The number of hydrogen-bond acceptors (Lipinski definition) is 3. The molecule has 0 unspecified atom stereocenters. The molecule has 0 aliphatic rings. The third-order valence-electron chi connectivity index (χ3n) is 1.63. The van der Waals surface area contributed by atoms with E-state index in [1.807, 2.05) is 5.48 Å². The average molecular weight is 171 g/mol. The molecule has 0 fully saturated rings. The number of halogens is 1. The van der Waals surface area contributed by atoms with Gasteiger partial charge in [0.15, 0.2) is 0 Å². The van der Waals surface area contributed by atoms with Crippen LogP contribution in [0.3, 0.4) is 0 Å². The number of rotatable bonds is 2. The van der Waals surface area contributed by atoms with Crippen molar-refractivity contribution in [3.05, 3.63) is 29.1 Å². The summed E-state index contributed by atoms with van der Waals surface area (Å²) in [5, 5.41) is 17.5. The number of phenolic OH excluding ortho intramolecular Hbond substituents is 1. The molecular weight excluding hydrogens is 161 g/mol. The van der Waals surface area contributed by atoms with Crippen molar-refractivity contribution in [2.75, 3.05) is 0 Å². The lowest BCUT2D eigenvalue weighted by Gasteiger charge is -2.04. The molecule has 0 saturated carbocycles. The quantitative estimate of drug-likeness (QED) is 0.588. The zero-order chi connectivity index (χ0) is 9.14. The standard InChI is InChI=1S/C8H10FNO2/c1-5-2-8(11)6(4-10-12)3-7(5)9/h2-3,10-12H,4H2,1H3. The summed E-state index contributed by atoms with van der Waals surface area (Å²) in [5.41, 5.74) is 2.56. The van der Waals surface area contributed by atoms with E-state index in [1.165, 1.54) is 12.1 Å². The predicted octanol–water partition coefficient (Wildman–Crippen LogP) is 1.32. The highest BCUT2D eigenvalue weighted by molar-refractivity contribution is 5.36. The molecule has 0 radical (unpaired) electrons. The summed E-state index contributed by atoms with van der Waals surface area (Å²) in [4.78, 5) is 0. The second kappa shape index (κ2) is 3.51. The Morgan fingerprint density at radius 2 is 2.17 bits per heavy atom. The molecule has 4 heteroatoms. The SMILES string of the molecule is Cc1cc(O)c(CNO)cc1F. The van der Waals surface area contributed by atoms with Gasteiger partial charge in [-0.3, -0.25) is 0 Å². The first-order valence-electron chi connectivity index (χ1n) is 3.50. The normalized spacial score (nSPS) is 10.2.